The molecule has 0 bridgehead atoms. The van der Waals surface area contributed by atoms with Crippen LogP contribution in [0.25, 0.3) is 22.3 Å². The lowest BCUT2D eigenvalue weighted by atomic mass is 10.1. The summed E-state index contributed by atoms with van der Waals surface area (Å²) in [7, 11) is 0. The number of carbonyl (C=O) groups is 1. The van der Waals surface area contributed by atoms with Crippen LogP contribution in [0.3, 0.4) is 0 Å². The molecule has 2 aromatic carbocycles. The summed E-state index contributed by atoms with van der Waals surface area (Å²) in [5.41, 5.74) is 2.33. The van der Waals surface area contributed by atoms with Crippen LogP contribution in [0, 0.1) is 0 Å². The van der Waals surface area contributed by atoms with Crippen molar-refractivity contribution in [3.8, 4) is 11.3 Å². The van der Waals surface area contributed by atoms with Gasteiger partial charge < -0.3 is 25.0 Å². The molecule has 4 N–H and O–H groups in total. The highest BCUT2D eigenvalue weighted by atomic mass is 16.4. The van der Waals surface area contributed by atoms with Crippen LogP contribution in [0.15, 0.2) is 82.5 Å². The minimum absolute atomic E-state index is 0.218. The minimum Gasteiger partial charge on any atom is -0.456 e. The number of amides is 1. The van der Waals surface area contributed by atoms with Gasteiger partial charge in [-0.15, -0.1) is 0 Å². The van der Waals surface area contributed by atoms with Crippen LogP contribution in [0.1, 0.15) is 22.1 Å². The molecule has 1 atom stereocenters. The molecule has 4 aromatic rings. The summed E-state index contributed by atoms with van der Waals surface area (Å²) in [4.78, 5) is 15.5. The molecule has 0 spiro atoms. The van der Waals surface area contributed by atoms with E-state index in [1.165, 1.54) is 0 Å². The van der Waals surface area contributed by atoms with E-state index >= 15 is 0 Å². The molecule has 7 nitrogen and oxygen atoms in total. The first kappa shape index (κ1) is 18.5. The summed E-state index contributed by atoms with van der Waals surface area (Å²) >= 11 is 0. The zero-order chi connectivity index (χ0) is 20.2. The Balaban J connectivity index is 1.61. The summed E-state index contributed by atoms with van der Waals surface area (Å²) in [5, 5.41) is 26.2. The molecular weight excluding hydrogens is 370 g/mol. The lowest BCUT2D eigenvalue weighted by molar-refractivity contribution is 0.0912. The van der Waals surface area contributed by atoms with Gasteiger partial charge in [0.05, 0.1) is 12.6 Å². The van der Waals surface area contributed by atoms with Crippen LogP contribution < -0.4 is 10.7 Å². The van der Waals surface area contributed by atoms with Crippen molar-refractivity contribution in [2.24, 2.45) is 5.16 Å². The third-order valence-corrected chi connectivity index (χ3v) is 4.66. The molecule has 0 saturated carbocycles. The van der Waals surface area contributed by atoms with Crippen molar-refractivity contribution in [3.05, 3.63) is 89.5 Å². The summed E-state index contributed by atoms with van der Waals surface area (Å²) < 4.78 is 5.89. The summed E-state index contributed by atoms with van der Waals surface area (Å²) in [6.07, 6.45) is 1.64. The Morgan fingerprint density at radius 2 is 1.86 bits per heavy atom. The quantitative estimate of drug-likeness (QED) is 0.310. The van der Waals surface area contributed by atoms with Gasteiger partial charge in [0.25, 0.3) is 5.91 Å². The van der Waals surface area contributed by atoms with Crippen molar-refractivity contribution < 1.29 is 19.5 Å². The maximum absolute atomic E-state index is 12.6. The zero-order valence-electron chi connectivity index (χ0n) is 15.4. The van der Waals surface area contributed by atoms with Gasteiger partial charge in [-0.3, -0.25) is 4.79 Å². The van der Waals surface area contributed by atoms with Crippen LogP contribution in [0.4, 0.5) is 0 Å². The van der Waals surface area contributed by atoms with E-state index in [-0.39, 0.29) is 12.5 Å². The first-order valence-electron chi connectivity index (χ1n) is 9.06. The smallest absolute Gasteiger partial charge is 0.268 e. The third kappa shape index (κ3) is 3.76. The van der Waals surface area contributed by atoms with Crippen LogP contribution in [0.2, 0.25) is 0 Å². The predicted molar refractivity (Wildman–Crippen MR) is 107 cm³/mol. The Bertz CT molecular complexity index is 1210. The first-order valence-corrected chi connectivity index (χ1v) is 9.06. The number of aromatic amines is 1. The van der Waals surface area contributed by atoms with Gasteiger partial charge in [-0.1, -0.05) is 47.6 Å². The monoisotopic (exact) mass is 389 g/mol. The molecule has 0 aliphatic carbocycles. The fraction of sp³-hybridized carbons (Fsp3) is 0.0909. The molecule has 4 rings (SSSR count). The Morgan fingerprint density at radius 3 is 2.62 bits per heavy atom. The van der Waals surface area contributed by atoms with E-state index in [0.717, 1.165) is 5.56 Å². The van der Waals surface area contributed by atoms with Gasteiger partial charge in [0, 0.05) is 23.2 Å². The fourth-order valence-electron chi connectivity index (χ4n) is 3.17. The number of aliphatic hydroxyl groups excluding tert-OH is 1. The fourth-order valence-corrected chi connectivity index (χ4v) is 3.17. The number of hydrogen-bond acceptors (Lipinski definition) is 5. The molecule has 2 aromatic heterocycles. The largest absolute Gasteiger partial charge is 0.456 e. The van der Waals surface area contributed by atoms with Crippen LogP contribution in [0.5, 0.6) is 0 Å². The van der Waals surface area contributed by atoms with E-state index in [9.17, 15) is 15.1 Å². The lowest BCUT2D eigenvalue weighted by Crippen LogP contribution is -2.30. The minimum atomic E-state index is -0.513. The Morgan fingerprint density at radius 1 is 1.10 bits per heavy atom. The van der Waals surface area contributed by atoms with Gasteiger partial charge in [0.2, 0.25) is 0 Å². The number of fused-ring (bicyclic) bond motifs is 1. The molecule has 0 aliphatic rings. The number of carbonyl (C=O) groups excluding carboxylic acids is 1. The highest BCUT2D eigenvalue weighted by Gasteiger charge is 2.17. The zero-order valence-corrected chi connectivity index (χ0v) is 15.4. The molecule has 146 valence electrons. The molecule has 0 aliphatic heterocycles. The topological polar surface area (TPSA) is 111 Å². The number of nitrogens with zero attached hydrogens (tertiary/aromatic N) is 1. The van der Waals surface area contributed by atoms with Gasteiger partial charge in [0.1, 0.15) is 22.4 Å². The van der Waals surface area contributed by atoms with Gasteiger partial charge in [0.15, 0.2) is 0 Å². The van der Waals surface area contributed by atoms with Crippen molar-refractivity contribution in [3.63, 3.8) is 0 Å². The maximum atomic E-state index is 12.6. The molecule has 0 saturated heterocycles. The number of benzene rings is 2. The average Bonchev–Trinajstić information content (AvgIpc) is 3.27. The molecule has 1 amide bonds. The van der Waals surface area contributed by atoms with Crippen molar-refractivity contribution in [1.82, 2.24) is 10.3 Å². The Hall–Kier alpha value is -3.84. The van der Waals surface area contributed by atoms with Gasteiger partial charge >= 0.3 is 0 Å². The van der Waals surface area contributed by atoms with Gasteiger partial charge in [-0.25, -0.2) is 0 Å². The van der Waals surface area contributed by atoms with E-state index in [0.29, 0.717) is 33.3 Å². The van der Waals surface area contributed by atoms with Crippen molar-refractivity contribution in [2.45, 2.75) is 6.04 Å². The second-order valence-electron chi connectivity index (χ2n) is 6.51. The van der Waals surface area contributed by atoms with E-state index in [1.54, 1.807) is 30.5 Å². The van der Waals surface area contributed by atoms with Crippen molar-refractivity contribution in [1.29, 1.82) is 0 Å². The molecule has 7 heteroatoms. The predicted octanol–water partition coefficient (Wildman–Crippen LogP) is 3.18. The third-order valence-electron chi connectivity index (χ3n) is 4.66. The van der Waals surface area contributed by atoms with Gasteiger partial charge in [-0.05, 0) is 23.8 Å². The van der Waals surface area contributed by atoms with Crippen molar-refractivity contribution >= 4 is 16.9 Å². The Labute approximate surface area is 165 Å². The summed E-state index contributed by atoms with van der Waals surface area (Å²) in [5.74, 6) is 0.0978. The van der Waals surface area contributed by atoms with Crippen LogP contribution in [-0.2, 0) is 0 Å². The summed E-state index contributed by atoms with van der Waals surface area (Å²) in [6, 6.07) is 19.2. The lowest BCUT2D eigenvalue weighted by Gasteiger charge is -2.16. The van der Waals surface area contributed by atoms with E-state index in [2.05, 4.69) is 15.5 Å². The number of aliphatic hydroxyl groups is 1. The number of hydrogen-bond donors (Lipinski definition) is 4. The van der Waals surface area contributed by atoms with E-state index in [1.807, 2.05) is 42.5 Å². The molecular formula is C22H19N3O4. The average molecular weight is 389 g/mol. The normalized spacial score (nSPS) is 12.8. The summed E-state index contributed by atoms with van der Waals surface area (Å²) in [6.45, 7) is -0.218. The van der Waals surface area contributed by atoms with Crippen LogP contribution in [-0.4, -0.2) is 27.8 Å². The first-order chi connectivity index (χ1) is 14.2. The van der Waals surface area contributed by atoms with Crippen molar-refractivity contribution in [2.75, 3.05) is 6.61 Å². The highest BCUT2D eigenvalue weighted by molar-refractivity contribution is 5.94. The number of nitrogens with one attached hydrogen (secondary N) is 2. The van der Waals surface area contributed by atoms with Gasteiger partial charge in [-0.2, -0.15) is 0 Å². The molecule has 1 unspecified atom stereocenters. The van der Waals surface area contributed by atoms with E-state index in [4.69, 9.17) is 4.42 Å². The number of para-hydroxylation sites is 1. The maximum Gasteiger partial charge on any atom is 0.268 e. The highest BCUT2D eigenvalue weighted by Crippen LogP contribution is 2.23. The van der Waals surface area contributed by atoms with Crippen LogP contribution >= 0.6 is 0 Å². The molecule has 2 heterocycles. The Kier molecular flexibility index (Phi) is 5.13. The SMILES string of the molecule is O=C(NC(CO)c1ccccc1)c1cc(-c2cc(=NO)c3ccccc3o2)c[nH]1. The number of H-pyrrole nitrogens is 1. The second-order valence-corrected chi connectivity index (χ2v) is 6.51. The standard InChI is InChI=1S/C22H19N3O4/c26-13-19(14-6-2-1-3-7-14)24-22(27)18-10-15(12-23-18)21-11-17(25-28)16-8-4-5-9-20(16)29-21/h1-12,19,23,26,28H,13H2,(H,24,27). The molecule has 0 fully saturated rings. The molecule has 0 radical (unpaired) electrons. The van der Waals surface area contributed by atoms with E-state index < -0.39 is 6.04 Å². The second kappa shape index (κ2) is 8.04. The number of rotatable bonds is 5. The molecule has 29 heavy (non-hydrogen) atoms. The number of aromatic nitrogens is 1.